The van der Waals surface area contributed by atoms with Crippen molar-refractivity contribution in [2.75, 3.05) is 23.3 Å². The van der Waals surface area contributed by atoms with Crippen molar-refractivity contribution in [3.63, 3.8) is 0 Å². The number of carbonyl (C=O) groups is 8. The monoisotopic (exact) mass is 909 g/mol. The molecule has 0 aliphatic carbocycles. The average molecular weight is 910 g/mol. The first-order valence-electron chi connectivity index (χ1n) is 22.6. The Kier molecular flexibility index (Phi) is 15.0. The van der Waals surface area contributed by atoms with Crippen LogP contribution in [0.25, 0.3) is 10.9 Å². The van der Waals surface area contributed by atoms with Gasteiger partial charge < -0.3 is 30.9 Å². The lowest BCUT2D eigenvalue weighted by atomic mass is 10.0. The van der Waals surface area contributed by atoms with E-state index in [2.05, 4.69) is 26.3 Å². The number of aromatic nitrogens is 1. The molecule has 2 saturated heterocycles. The number of H-pyrrole nitrogens is 1. The van der Waals surface area contributed by atoms with Crippen LogP contribution >= 0.6 is 0 Å². The molecule has 66 heavy (non-hydrogen) atoms. The largest absolute Gasteiger partial charge is 0.372 e. The number of rotatable bonds is 21. The maximum atomic E-state index is 13.5. The van der Waals surface area contributed by atoms with Gasteiger partial charge in [0, 0.05) is 67.2 Å². The van der Waals surface area contributed by atoms with Crippen molar-refractivity contribution in [2.45, 2.75) is 114 Å². The van der Waals surface area contributed by atoms with Crippen LogP contribution in [0.2, 0.25) is 0 Å². The van der Waals surface area contributed by atoms with Gasteiger partial charge >= 0.3 is 0 Å². The predicted molar refractivity (Wildman–Crippen MR) is 238 cm³/mol. The number of unbranched alkanes of at least 4 members (excludes halogenated alkanes) is 10. The molecule has 2 fully saturated rings. The topological polar surface area (TPSA) is 227 Å². The summed E-state index contributed by atoms with van der Waals surface area (Å²) in [6.07, 6.45) is 11.3. The van der Waals surface area contributed by atoms with Crippen molar-refractivity contribution in [1.29, 1.82) is 0 Å². The van der Waals surface area contributed by atoms with Crippen LogP contribution in [0.1, 0.15) is 133 Å². The van der Waals surface area contributed by atoms with E-state index in [0.717, 1.165) is 87.7 Å². The molecule has 0 saturated carbocycles. The first kappa shape index (κ1) is 47.2. The van der Waals surface area contributed by atoms with Gasteiger partial charge in [0.05, 0.1) is 11.1 Å². The molecule has 0 radical (unpaired) electrons. The Labute approximate surface area is 379 Å². The molecule has 16 nitrogen and oxygen atoms in total. The maximum Gasteiger partial charge on any atom is 0.268 e. The van der Waals surface area contributed by atoms with Gasteiger partial charge in [-0.3, -0.25) is 48.6 Å². The highest BCUT2D eigenvalue weighted by Gasteiger charge is 2.52. The van der Waals surface area contributed by atoms with Gasteiger partial charge in [-0.15, -0.1) is 0 Å². The quantitative estimate of drug-likeness (QED) is 0.0343. The summed E-state index contributed by atoms with van der Waals surface area (Å²) in [4.78, 5) is 107. The molecular weight excluding hydrogens is 857 g/mol. The molecule has 2 unspecified atom stereocenters. The normalized spacial score (nSPS) is 18.2. The van der Waals surface area contributed by atoms with Crippen LogP contribution in [-0.4, -0.2) is 87.0 Å². The Hall–Kier alpha value is -6.82. The van der Waals surface area contributed by atoms with Gasteiger partial charge in [0.15, 0.2) is 0 Å². The molecule has 1 aromatic heterocycles. The van der Waals surface area contributed by atoms with Crippen molar-refractivity contribution < 1.29 is 52.2 Å². The van der Waals surface area contributed by atoms with E-state index in [1.807, 2.05) is 0 Å². The fraction of sp³-hybridized carbons (Fsp3) is 0.417. The summed E-state index contributed by atoms with van der Waals surface area (Å²) in [5.74, 6) is -6.20. The highest BCUT2D eigenvalue weighted by molar-refractivity contribution is 6.24. The molecule has 3 aliphatic rings. The van der Waals surface area contributed by atoms with Gasteiger partial charge in [-0.05, 0) is 79.4 Å². The zero-order valence-corrected chi connectivity index (χ0v) is 36.4. The molecule has 0 bridgehead atoms. The van der Waals surface area contributed by atoms with Gasteiger partial charge in [0.2, 0.25) is 23.3 Å². The third-order valence-corrected chi connectivity index (χ3v) is 12.3. The number of anilines is 2. The maximum absolute atomic E-state index is 13.5. The number of amides is 8. The number of halogens is 2. The molecular formula is C48H53F2N7O9. The van der Waals surface area contributed by atoms with Crippen LogP contribution in [0.5, 0.6) is 0 Å². The van der Waals surface area contributed by atoms with Crippen LogP contribution in [0.15, 0.2) is 60.7 Å². The summed E-state index contributed by atoms with van der Waals surface area (Å²) in [5.41, 5.74) is -0.0776. The second-order valence-electron chi connectivity index (χ2n) is 17.1. The molecule has 4 heterocycles. The van der Waals surface area contributed by atoms with Crippen molar-refractivity contribution >= 4 is 69.5 Å². The molecule has 7 rings (SSSR count). The Morgan fingerprint density at radius 2 is 1.42 bits per heavy atom. The average Bonchev–Trinajstić information content (AvgIpc) is 3.93. The molecule has 3 aromatic carbocycles. The molecule has 4 aromatic rings. The van der Waals surface area contributed by atoms with E-state index in [1.165, 1.54) is 17.0 Å². The lowest BCUT2D eigenvalue weighted by molar-refractivity contribution is -0.149. The second-order valence-corrected chi connectivity index (χ2v) is 17.1. The van der Waals surface area contributed by atoms with Crippen LogP contribution in [-0.2, 0) is 30.5 Å². The number of benzene rings is 3. The zero-order chi connectivity index (χ0) is 47.0. The summed E-state index contributed by atoms with van der Waals surface area (Å²) < 4.78 is 27.1. The minimum Gasteiger partial charge on any atom is -0.372 e. The first-order valence-corrected chi connectivity index (χ1v) is 22.6. The predicted octanol–water partition coefficient (Wildman–Crippen LogP) is 5.68. The number of fused-ring (bicyclic) bond motifs is 2. The zero-order valence-electron chi connectivity index (χ0n) is 36.4. The molecule has 0 spiro atoms. The number of imide groups is 2. The van der Waals surface area contributed by atoms with Gasteiger partial charge in [-0.25, -0.2) is 8.78 Å². The lowest BCUT2D eigenvalue weighted by Crippen LogP contribution is -2.54. The summed E-state index contributed by atoms with van der Waals surface area (Å²) >= 11 is 0. The van der Waals surface area contributed by atoms with Crippen LogP contribution in [0.3, 0.4) is 0 Å². The Bertz CT molecular complexity index is 2540. The van der Waals surface area contributed by atoms with Crippen molar-refractivity contribution in [3.8, 4) is 0 Å². The van der Waals surface area contributed by atoms with Crippen molar-refractivity contribution in [3.05, 3.63) is 94.7 Å². The van der Waals surface area contributed by atoms with E-state index in [1.54, 1.807) is 30.3 Å². The molecule has 6 N–H and O–H groups in total. The number of hydrogen-bond donors (Lipinski definition) is 6. The van der Waals surface area contributed by atoms with Crippen LogP contribution in [0, 0.1) is 11.6 Å². The highest BCUT2D eigenvalue weighted by Crippen LogP contribution is 2.32. The number of nitrogens with one attached hydrogen (secondary N) is 5. The number of aromatic amines is 1. The number of piperidine rings is 1. The number of aliphatic hydroxyl groups is 1. The van der Waals surface area contributed by atoms with Gasteiger partial charge in [0.25, 0.3) is 29.5 Å². The fourth-order valence-electron chi connectivity index (χ4n) is 8.69. The summed E-state index contributed by atoms with van der Waals surface area (Å²) in [5, 5.41) is 22.0. The summed E-state index contributed by atoms with van der Waals surface area (Å²) in [7, 11) is 0. The molecule has 2 atom stereocenters. The Morgan fingerprint density at radius 3 is 2.12 bits per heavy atom. The number of carbonyl (C=O) groups excluding carboxylic acids is 8. The van der Waals surface area contributed by atoms with Crippen LogP contribution < -0.4 is 26.2 Å². The minimum atomic E-state index is -2.35. The Balaban J connectivity index is 0.717. The lowest BCUT2D eigenvalue weighted by Gasteiger charge is -2.27. The van der Waals surface area contributed by atoms with Gasteiger partial charge in [-0.2, -0.15) is 0 Å². The van der Waals surface area contributed by atoms with Gasteiger partial charge in [0.1, 0.15) is 23.4 Å². The SMILES string of the molecule is O=C1CCC(N2C(=O)c3ccc(NC(=O)CCCCCCCCCCCCCNC(=O)c4cc5cc(N6CCC(O)(C(=O)NCc7cc(F)cc(F)c7)C6=O)ccc5[nH]4)cc3C2=O)C(=O)N1. The second kappa shape index (κ2) is 21.0. The van der Waals surface area contributed by atoms with Crippen molar-refractivity contribution in [2.24, 2.45) is 0 Å². The van der Waals surface area contributed by atoms with E-state index in [9.17, 15) is 52.2 Å². The Morgan fingerprint density at radius 1 is 0.758 bits per heavy atom. The highest BCUT2D eigenvalue weighted by atomic mass is 19.1. The summed E-state index contributed by atoms with van der Waals surface area (Å²) in [6.45, 7) is 0.303. The van der Waals surface area contributed by atoms with E-state index in [-0.39, 0.29) is 60.9 Å². The summed E-state index contributed by atoms with van der Waals surface area (Å²) in [6, 6.07) is 13.0. The fourth-order valence-corrected chi connectivity index (χ4v) is 8.69. The molecule has 3 aliphatic heterocycles. The first-order chi connectivity index (χ1) is 31.7. The van der Waals surface area contributed by atoms with Crippen molar-refractivity contribution in [1.82, 2.24) is 25.8 Å². The number of hydrogen-bond acceptors (Lipinski definition) is 9. The standard InChI is InChI=1S/C48H53F2N7O9/c49-31-22-29(23-32(50)26-31)28-52-46(64)48(66)19-21-56(47(48)65)34-14-16-37-30(24-34)25-38(54-37)42(60)51-20-11-9-7-5-3-1-2-4-6-8-10-12-40(58)53-33-13-15-35-36(27-33)45(63)57(44(35)62)39-17-18-41(59)55-43(39)61/h13-16,22-27,39,54,66H,1-12,17-21,28H2,(H,51,60)(H,52,64)(H,53,58)(H,55,59,61). The third-order valence-electron chi connectivity index (χ3n) is 12.3. The van der Waals surface area contributed by atoms with E-state index in [0.29, 0.717) is 47.0 Å². The van der Waals surface area contributed by atoms with Crippen LogP contribution in [0.4, 0.5) is 20.2 Å². The molecule has 18 heteroatoms. The van der Waals surface area contributed by atoms with E-state index >= 15 is 0 Å². The molecule has 8 amide bonds. The molecule has 348 valence electrons. The smallest absolute Gasteiger partial charge is 0.268 e. The van der Waals surface area contributed by atoms with E-state index in [4.69, 9.17) is 0 Å². The van der Waals surface area contributed by atoms with Gasteiger partial charge in [-0.1, -0.05) is 57.8 Å². The van der Waals surface area contributed by atoms with E-state index < -0.39 is 58.7 Å². The third kappa shape index (κ3) is 11.0. The number of nitrogens with zero attached hydrogens (tertiary/aromatic N) is 2. The minimum absolute atomic E-state index is 0.0354.